The first-order valence-electron chi connectivity index (χ1n) is 5.43. The van der Waals surface area contributed by atoms with Crippen molar-refractivity contribution in [2.24, 2.45) is 5.73 Å². The Morgan fingerprint density at radius 2 is 1.88 bits per heavy atom. The second-order valence-electron chi connectivity index (χ2n) is 3.06. The molecule has 17 heavy (non-hydrogen) atoms. The topological polar surface area (TPSA) is 67.1 Å². The van der Waals surface area contributed by atoms with E-state index in [0.717, 1.165) is 0 Å². The summed E-state index contributed by atoms with van der Waals surface area (Å²) in [5.41, 5.74) is 7.15. The first kappa shape index (κ1) is 17.4. The fourth-order valence-electron chi connectivity index (χ4n) is 0.787. The van der Waals surface area contributed by atoms with Gasteiger partial charge in [-0.2, -0.15) is 0 Å². The number of allylic oxidation sites excluding steroid dienone is 3. The molecule has 0 aromatic heterocycles. The van der Waals surface area contributed by atoms with E-state index in [4.69, 9.17) is 5.73 Å². The molecule has 4 N–H and O–H groups in total. The largest absolute Gasteiger partial charge is 0.399 e. The average Bonchev–Trinajstić information content (AvgIpc) is 2.28. The third-order valence-electron chi connectivity index (χ3n) is 1.41. The number of hydrogen-bond acceptors (Lipinski definition) is 3. The highest BCUT2D eigenvalue weighted by Gasteiger charge is 1.99. The van der Waals surface area contributed by atoms with Crippen molar-refractivity contribution in [1.29, 1.82) is 0 Å². The van der Waals surface area contributed by atoms with Gasteiger partial charge < -0.3 is 16.4 Å². The van der Waals surface area contributed by atoms with Gasteiger partial charge in [0.05, 0.1) is 6.54 Å². The Morgan fingerprint density at radius 1 is 1.35 bits per heavy atom. The molecule has 0 spiro atoms. The second-order valence-corrected chi connectivity index (χ2v) is 3.06. The molecule has 4 heteroatoms. The van der Waals surface area contributed by atoms with Crippen molar-refractivity contribution in [3.05, 3.63) is 49.0 Å². The summed E-state index contributed by atoms with van der Waals surface area (Å²) in [4.78, 5) is 11.2. The van der Waals surface area contributed by atoms with Crippen LogP contribution in [0.15, 0.2) is 49.0 Å². The molecule has 0 bridgehead atoms. The number of rotatable bonds is 6. The summed E-state index contributed by atoms with van der Waals surface area (Å²) < 4.78 is 0. The minimum atomic E-state index is -0.172. The van der Waals surface area contributed by atoms with Crippen LogP contribution in [0.5, 0.6) is 0 Å². The quantitative estimate of drug-likeness (QED) is 0.617. The summed E-state index contributed by atoms with van der Waals surface area (Å²) in [5, 5.41) is 5.36. The Balaban J connectivity index is 0. The third-order valence-corrected chi connectivity index (χ3v) is 1.41. The Morgan fingerprint density at radius 3 is 2.29 bits per heavy atom. The van der Waals surface area contributed by atoms with Gasteiger partial charge in [-0.05, 0) is 19.1 Å². The van der Waals surface area contributed by atoms with Crippen molar-refractivity contribution < 1.29 is 4.79 Å². The second kappa shape index (κ2) is 10.5. The van der Waals surface area contributed by atoms with Crippen molar-refractivity contribution in [3.8, 4) is 0 Å². The molecule has 0 unspecified atom stereocenters. The van der Waals surface area contributed by atoms with E-state index in [9.17, 15) is 4.79 Å². The van der Waals surface area contributed by atoms with E-state index in [-0.39, 0.29) is 12.5 Å². The number of nitrogens with one attached hydrogen (secondary N) is 2. The van der Waals surface area contributed by atoms with Gasteiger partial charge in [0.1, 0.15) is 0 Å². The lowest BCUT2D eigenvalue weighted by atomic mass is 10.3. The maximum absolute atomic E-state index is 11.2. The maximum Gasteiger partial charge on any atom is 0.243 e. The molecule has 0 rings (SSSR count). The van der Waals surface area contributed by atoms with Gasteiger partial charge in [-0.3, -0.25) is 4.79 Å². The predicted molar refractivity (Wildman–Crippen MR) is 73.9 cm³/mol. The zero-order valence-electron chi connectivity index (χ0n) is 11.0. The molecule has 0 fully saturated rings. The first-order valence-corrected chi connectivity index (χ1v) is 5.43. The molecule has 0 aliphatic rings. The Labute approximate surface area is 104 Å². The van der Waals surface area contributed by atoms with E-state index in [1.165, 1.54) is 6.08 Å². The molecule has 0 saturated heterocycles. The highest BCUT2D eigenvalue weighted by atomic mass is 16.1. The van der Waals surface area contributed by atoms with Crippen LogP contribution in [-0.2, 0) is 4.79 Å². The molecule has 0 aromatic carbocycles. The highest BCUT2D eigenvalue weighted by Crippen LogP contribution is 1.92. The summed E-state index contributed by atoms with van der Waals surface area (Å²) in [6.07, 6.45) is 3.10. The number of carbonyl (C=O) groups excluding carboxylic acids is 1. The minimum absolute atomic E-state index is 0.132. The van der Waals surface area contributed by atoms with Crippen LogP contribution in [0.4, 0.5) is 0 Å². The molecule has 96 valence electrons. The number of carbonyl (C=O) groups is 1. The van der Waals surface area contributed by atoms with Gasteiger partial charge in [-0.15, -0.1) is 0 Å². The zero-order valence-corrected chi connectivity index (χ0v) is 11.0. The maximum atomic E-state index is 11.2. The molecular formula is C13H23N3O. The minimum Gasteiger partial charge on any atom is -0.399 e. The smallest absolute Gasteiger partial charge is 0.243 e. The van der Waals surface area contributed by atoms with E-state index in [1.54, 1.807) is 13.0 Å². The van der Waals surface area contributed by atoms with Crippen LogP contribution in [0, 0.1) is 0 Å². The van der Waals surface area contributed by atoms with E-state index in [2.05, 4.69) is 30.4 Å². The summed E-state index contributed by atoms with van der Waals surface area (Å²) in [6.45, 7) is 16.6. The SMILES string of the molecule is C=C/C(N)=C\C(=C)NCC(=O)NC(=C)C.CC. The van der Waals surface area contributed by atoms with E-state index in [1.807, 2.05) is 13.8 Å². The zero-order chi connectivity index (χ0) is 13.8. The van der Waals surface area contributed by atoms with Crippen LogP contribution in [0.3, 0.4) is 0 Å². The Kier molecular flexibility index (Phi) is 10.8. The molecule has 1 amide bonds. The van der Waals surface area contributed by atoms with Crippen molar-refractivity contribution >= 4 is 5.91 Å². The molecule has 0 aliphatic carbocycles. The molecular weight excluding hydrogens is 214 g/mol. The number of nitrogens with two attached hydrogens (primary N) is 1. The molecule has 4 nitrogen and oxygen atoms in total. The number of hydrogen-bond donors (Lipinski definition) is 3. The van der Waals surface area contributed by atoms with Crippen molar-refractivity contribution in [3.63, 3.8) is 0 Å². The van der Waals surface area contributed by atoms with Gasteiger partial charge in [-0.25, -0.2) is 0 Å². The molecule has 0 atom stereocenters. The van der Waals surface area contributed by atoms with Crippen molar-refractivity contribution in [2.45, 2.75) is 20.8 Å². The van der Waals surface area contributed by atoms with Gasteiger partial charge in [0.2, 0.25) is 5.91 Å². The molecule has 0 aromatic rings. The third kappa shape index (κ3) is 12.0. The van der Waals surface area contributed by atoms with Crippen LogP contribution >= 0.6 is 0 Å². The molecule has 0 radical (unpaired) electrons. The lowest BCUT2D eigenvalue weighted by Crippen LogP contribution is -2.31. The van der Waals surface area contributed by atoms with Gasteiger partial charge in [0.15, 0.2) is 0 Å². The molecule has 0 saturated carbocycles. The summed E-state index contributed by atoms with van der Waals surface area (Å²) in [6, 6.07) is 0. The summed E-state index contributed by atoms with van der Waals surface area (Å²) in [5.74, 6) is -0.172. The van der Waals surface area contributed by atoms with Crippen LogP contribution in [-0.4, -0.2) is 12.5 Å². The fraction of sp³-hybridized carbons (Fsp3) is 0.308. The van der Waals surface area contributed by atoms with Crippen LogP contribution in [0.25, 0.3) is 0 Å². The Bertz CT molecular complexity index is 317. The first-order chi connectivity index (χ1) is 7.95. The van der Waals surface area contributed by atoms with Gasteiger partial charge in [0.25, 0.3) is 0 Å². The fourth-order valence-corrected chi connectivity index (χ4v) is 0.787. The highest BCUT2D eigenvalue weighted by molar-refractivity contribution is 5.79. The molecule has 0 heterocycles. The average molecular weight is 237 g/mol. The van der Waals surface area contributed by atoms with E-state index in [0.29, 0.717) is 17.1 Å². The molecule has 0 aliphatic heterocycles. The van der Waals surface area contributed by atoms with Crippen molar-refractivity contribution in [2.75, 3.05) is 6.54 Å². The van der Waals surface area contributed by atoms with Crippen LogP contribution in [0.2, 0.25) is 0 Å². The normalized spacial score (nSPS) is 9.47. The number of amides is 1. The van der Waals surface area contributed by atoms with Gasteiger partial charge in [0, 0.05) is 17.1 Å². The lowest BCUT2D eigenvalue weighted by Gasteiger charge is -2.07. The van der Waals surface area contributed by atoms with Gasteiger partial charge in [-0.1, -0.05) is 33.6 Å². The van der Waals surface area contributed by atoms with Crippen molar-refractivity contribution in [1.82, 2.24) is 10.6 Å². The summed E-state index contributed by atoms with van der Waals surface area (Å²) >= 11 is 0. The van der Waals surface area contributed by atoms with Crippen LogP contribution in [0.1, 0.15) is 20.8 Å². The van der Waals surface area contributed by atoms with Crippen LogP contribution < -0.4 is 16.4 Å². The van der Waals surface area contributed by atoms with E-state index < -0.39 is 0 Å². The van der Waals surface area contributed by atoms with E-state index >= 15 is 0 Å². The summed E-state index contributed by atoms with van der Waals surface area (Å²) in [7, 11) is 0. The Hall–Kier alpha value is -1.97. The monoisotopic (exact) mass is 237 g/mol. The standard InChI is InChI=1S/C11H17N3O.C2H6/c1-5-10(12)6-9(4)13-7-11(15)14-8(2)3;1-2/h5-6,13H,1-2,4,7,12H2,3H3,(H,14,15);1-2H3/b10-6+;. The predicted octanol–water partition coefficient (Wildman–Crippen LogP) is 1.79. The lowest BCUT2D eigenvalue weighted by molar-refractivity contribution is -0.119. The van der Waals surface area contributed by atoms with Gasteiger partial charge >= 0.3 is 0 Å².